The van der Waals surface area contributed by atoms with E-state index in [1.807, 2.05) is 22.9 Å². The SMILES string of the molecule is COCn1cc(-c2ccc(C(=O)N3CCC(O)CC3)cc2Cl)nc1-c1ccnc(C(C)(C)C)c1. The number of pyridine rings is 1. The van der Waals surface area contributed by atoms with Crippen LogP contribution in [0.25, 0.3) is 22.6 Å². The Morgan fingerprint density at radius 2 is 1.94 bits per heavy atom. The van der Waals surface area contributed by atoms with Gasteiger partial charge < -0.3 is 19.3 Å². The van der Waals surface area contributed by atoms with Gasteiger partial charge in [0.05, 0.1) is 16.8 Å². The highest BCUT2D eigenvalue weighted by Crippen LogP contribution is 2.32. The second kappa shape index (κ2) is 9.86. The van der Waals surface area contributed by atoms with E-state index in [4.69, 9.17) is 21.3 Å². The van der Waals surface area contributed by atoms with Gasteiger partial charge in [-0.1, -0.05) is 38.4 Å². The average Bonchev–Trinajstić information content (AvgIpc) is 3.22. The van der Waals surface area contributed by atoms with Crippen LogP contribution in [-0.2, 0) is 16.9 Å². The number of rotatable bonds is 5. The maximum Gasteiger partial charge on any atom is 0.253 e. The molecule has 1 aromatic carbocycles. The molecule has 1 fully saturated rings. The molecule has 0 atom stereocenters. The number of aliphatic hydroxyl groups excluding tert-OH is 1. The number of aromatic nitrogens is 3. The number of likely N-dealkylation sites (tertiary alicyclic amines) is 1. The fraction of sp³-hybridized carbons (Fsp3) is 0.423. The van der Waals surface area contributed by atoms with Gasteiger partial charge in [0.1, 0.15) is 12.6 Å². The van der Waals surface area contributed by atoms with E-state index in [1.54, 1.807) is 30.3 Å². The first-order valence-corrected chi connectivity index (χ1v) is 11.9. The Bertz CT molecular complexity index is 1180. The van der Waals surface area contributed by atoms with Crippen LogP contribution in [0.4, 0.5) is 0 Å². The summed E-state index contributed by atoms with van der Waals surface area (Å²) in [5, 5.41) is 10.2. The highest BCUT2D eigenvalue weighted by atomic mass is 35.5. The minimum absolute atomic E-state index is 0.0718. The van der Waals surface area contributed by atoms with Crippen molar-refractivity contribution in [1.82, 2.24) is 19.4 Å². The van der Waals surface area contributed by atoms with E-state index >= 15 is 0 Å². The Labute approximate surface area is 205 Å². The lowest BCUT2D eigenvalue weighted by Gasteiger charge is -2.29. The predicted octanol–water partition coefficient (Wildman–Crippen LogP) is 4.76. The first kappa shape index (κ1) is 24.4. The van der Waals surface area contributed by atoms with Crippen molar-refractivity contribution in [2.24, 2.45) is 0 Å². The van der Waals surface area contributed by atoms with Crippen LogP contribution in [0.5, 0.6) is 0 Å². The molecule has 0 spiro atoms. The van der Waals surface area contributed by atoms with Gasteiger partial charge in [-0.2, -0.15) is 0 Å². The summed E-state index contributed by atoms with van der Waals surface area (Å²) >= 11 is 6.64. The van der Waals surface area contributed by atoms with E-state index < -0.39 is 0 Å². The van der Waals surface area contributed by atoms with Gasteiger partial charge in [-0.3, -0.25) is 9.78 Å². The summed E-state index contributed by atoms with van der Waals surface area (Å²) in [7, 11) is 1.64. The standard InChI is InChI=1S/C26H31ClN4O3/c1-26(2,3)23-14-17(7-10-28-23)24-29-22(15-31(24)16-34-4)20-6-5-18(13-21(20)27)25(33)30-11-8-19(32)9-12-30/h5-7,10,13-15,19,32H,8-9,11-12,16H2,1-4H3. The molecule has 3 heterocycles. The Kier molecular flexibility index (Phi) is 7.07. The van der Waals surface area contributed by atoms with Crippen LogP contribution in [-0.4, -0.2) is 56.8 Å². The second-order valence-corrected chi connectivity index (χ2v) is 10.1. The number of ether oxygens (including phenoxy) is 1. The summed E-state index contributed by atoms with van der Waals surface area (Å²) in [4.78, 5) is 24.0. The largest absolute Gasteiger partial charge is 0.393 e. The van der Waals surface area contributed by atoms with Gasteiger partial charge in [-0.25, -0.2) is 4.98 Å². The zero-order valence-corrected chi connectivity index (χ0v) is 20.8. The van der Waals surface area contributed by atoms with Crippen molar-refractivity contribution in [3.05, 3.63) is 59.0 Å². The Morgan fingerprint density at radius 1 is 1.21 bits per heavy atom. The lowest BCUT2D eigenvalue weighted by atomic mass is 9.91. The molecule has 8 heteroatoms. The Balaban J connectivity index is 1.66. The summed E-state index contributed by atoms with van der Waals surface area (Å²) < 4.78 is 7.33. The number of hydrogen-bond donors (Lipinski definition) is 1. The van der Waals surface area contributed by atoms with E-state index in [0.717, 1.165) is 22.6 Å². The summed E-state index contributed by atoms with van der Waals surface area (Å²) in [5.74, 6) is 0.685. The van der Waals surface area contributed by atoms with E-state index in [2.05, 4.69) is 31.8 Å². The van der Waals surface area contributed by atoms with E-state index in [9.17, 15) is 9.90 Å². The summed E-state index contributed by atoms with van der Waals surface area (Å²) in [6.07, 6.45) is 4.58. The van der Waals surface area contributed by atoms with Crippen molar-refractivity contribution < 1.29 is 14.6 Å². The number of halogens is 1. The second-order valence-electron chi connectivity index (χ2n) is 9.74. The van der Waals surface area contributed by atoms with Gasteiger partial charge in [-0.05, 0) is 37.1 Å². The molecule has 0 aliphatic carbocycles. The number of hydrogen-bond acceptors (Lipinski definition) is 5. The van der Waals surface area contributed by atoms with Gasteiger partial charge in [-0.15, -0.1) is 0 Å². The molecule has 3 aromatic rings. The first-order valence-electron chi connectivity index (χ1n) is 11.5. The quantitative estimate of drug-likeness (QED) is 0.567. The minimum Gasteiger partial charge on any atom is -0.393 e. The molecule has 1 saturated heterocycles. The minimum atomic E-state index is -0.328. The zero-order valence-electron chi connectivity index (χ0n) is 20.1. The monoisotopic (exact) mass is 482 g/mol. The molecule has 0 bridgehead atoms. The van der Waals surface area contributed by atoms with Crippen LogP contribution in [0.1, 0.15) is 49.7 Å². The summed E-state index contributed by atoms with van der Waals surface area (Å²) in [6.45, 7) is 7.81. The fourth-order valence-corrected chi connectivity index (χ4v) is 4.38. The Morgan fingerprint density at radius 3 is 2.59 bits per heavy atom. The van der Waals surface area contributed by atoms with Crippen LogP contribution in [0.3, 0.4) is 0 Å². The molecular weight excluding hydrogens is 452 g/mol. The molecule has 1 aliphatic heterocycles. The number of nitrogens with zero attached hydrogens (tertiary/aromatic N) is 4. The van der Waals surface area contributed by atoms with E-state index in [1.165, 1.54) is 0 Å². The molecule has 1 N–H and O–H groups in total. The molecule has 2 aromatic heterocycles. The van der Waals surface area contributed by atoms with Crippen molar-refractivity contribution in [3.63, 3.8) is 0 Å². The van der Waals surface area contributed by atoms with Crippen LogP contribution in [0.15, 0.2) is 42.7 Å². The number of amides is 1. The highest BCUT2D eigenvalue weighted by Gasteiger charge is 2.24. The molecule has 7 nitrogen and oxygen atoms in total. The van der Waals surface area contributed by atoms with Gasteiger partial charge in [0.15, 0.2) is 0 Å². The highest BCUT2D eigenvalue weighted by molar-refractivity contribution is 6.33. The fourth-order valence-electron chi connectivity index (χ4n) is 4.10. The molecule has 0 saturated carbocycles. The summed E-state index contributed by atoms with van der Waals surface area (Å²) in [6, 6.07) is 9.31. The molecule has 1 aliphatic rings. The summed E-state index contributed by atoms with van der Waals surface area (Å²) in [5.41, 5.74) is 3.81. The van der Waals surface area contributed by atoms with Gasteiger partial charge in [0.2, 0.25) is 0 Å². The molecule has 4 rings (SSSR count). The van der Waals surface area contributed by atoms with Crippen molar-refractivity contribution in [3.8, 4) is 22.6 Å². The predicted molar refractivity (Wildman–Crippen MR) is 133 cm³/mol. The van der Waals surface area contributed by atoms with Crippen molar-refractivity contribution in [2.75, 3.05) is 20.2 Å². The number of carbonyl (C=O) groups is 1. The molecule has 1 amide bonds. The van der Waals surface area contributed by atoms with Gasteiger partial charge >= 0.3 is 0 Å². The number of methoxy groups -OCH3 is 1. The molecule has 180 valence electrons. The topological polar surface area (TPSA) is 80.5 Å². The molecule has 0 unspecified atom stereocenters. The zero-order chi connectivity index (χ0) is 24.5. The van der Waals surface area contributed by atoms with Crippen LogP contribution in [0, 0.1) is 0 Å². The van der Waals surface area contributed by atoms with Crippen LogP contribution >= 0.6 is 11.6 Å². The number of aliphatic hydroxyl groups is 1. The van der Waals surface area contributed by atoms with Gasteiger partial charge in [0.25, 0.3) is 5.91 Å². The maximum atomic E-state index is 12.9. The normalized spacial score (nSPS) is 15.1. The third kappa shape index (κ3) is 5.17. The molecule has 34 heavy (non-hydrogen) atoms. The Hall–Kier alpha value is -2.74. The average molecular weight is 483 g/mol. The van der Waals surface area contributed by atoms with Crippen molar-refractivity contribution in [2.45, 2.75) is 51.9 Å². The lowest BCUT2D eigenvalue weighted by molar-refractivity contribution is 0.0546. The first-order chi connectivity index (χ1) is 16.2. The van der Waals surface area contributed by atoms with Crippen LogP contribution in [0.2, 0.25) is 5.02 Å². The maximum absolute atomic E-state index is 12.9. The third-order valence-electron chi connectivity index (χ3n) is 6.07. The lowest BCUT2D eigenvalue weighted by Crippen LogP contribution is -2.40. The smallest absolute Gasteiger partial charge is 0.253 e. The number of imidazole rings is 1. The molecule has 0 radical (unpaired) electrons. The number of piperidine rings is 1. The van der Waals surface area contributed by atoms with Crippen LogP contribution < -0.4 is 0 Å². The number of carbonyl (C=O) groups excluding carboxylic acids is 1. The van der Waals surface area contributed by atoms with Gasteiger partial charge in [0, 0.05) is 60.4 Å². The van der Waals surface area contributed by atoms with E-state index in [0.29, 0.717) is 48.9 Å². The number of benzene rings is 1. The third-order valence-corrected chi connectivity index (χ3v) is 6.39. The van der Waals surface area contributed by atoms with Crippen molar-refractivity contribution >= 4 is 17.5 Å². The van der Waals surface area contributed by atoms with Crippen molar-refractivity contribution in [1.29, 1.82) is 0 Å². The van der Waals surface area contributed by atoms with E-state index in [-0.39, 0.29) is 17.4 Å². The molecular formula is C26H31ClN4O3.